The molecule has 3 amide bonds. The van der Waals surface area contributed by atoms with Crippen molar-refractivity contribution in [2.24, 2.45) is 0 Å². The fourth-order valence-electron chi connectivity index (χ4n) is 1.81. The fraction of sp³-hybridized carbons (Fsp3) is 0.250. The second kappa shape index (κ2) is 5.08. The Hall–Kier alpha value is -1.76. The second-order valence-corrected chi connectivity index (χ2v) is 4.95. The van der Waals surface area contributed by atoms with Gasteiger partial charge in [-0.3, -0.25) is 19.8 Å². The number of carbonyl (C=O) groups excluding carboxylic acids is 3. The van der Waals surface area contributed by atoms with Gasteiger partial charge >= 0.3 is 6.03 Å². The van der Waals surface area contributed by atoms with E-state index >= 15 is 0 Å². The molecule has 1 aliphatic rings. The van der Waals surface area contributed by atoms with E-state index in [-0.39, 0.29) is 35.9 Å². The van der Waals surface area contributed by atoms with Crippen LogP contribution in [0.4, 0.5) is 14.9 Å². The normalized spacial score (nSPS) is 15.4. The molecular weight excluding hydrogens is 319 g/mol. The number of benzene rings is 1. The Kier molecular flexibility index (Phi) is 3.66. The van der Waals surface area contributed by atoms with Gasteiger partial charge in [0.25, 0.3) is 0 Å². The zero-order chi connectivity index (χ0) is 14.2. The first-order valence-electron chi connectivity index (χ1n) is 5.51. The summed E-state index contributed by atoms with van der Waals surface area (Å²) in [6.45, 7) is 1.43. The van der Waals surface area contributed by atoms with E-state index in [9.17, 15) is 18.8 Å². The first-order chi connectivity index (χ1) is 8.90. The number of rotatable bonds is 2. The van der Waals surface area contributed by atoms with Gasteiger partial charge in [0.1, 0.15) is 5.82 Å². The minimum Gasteiger partial charge on any atom is -0.294 e. The Bertz CT molecular complexity index is 589. The van der Waals surface area contributed by atoms with Crippen LogP contribution in [0.5, 0.6) is 0 Å². The molecule has 0 aromatic heterocycles. The van der Waals surface area contributed by atoms with Gasteiger partial charge in [-0.25, -0.2) is 9.18 Å². The lowest BCUT2D eigenvalue weighted by Crippen LogP contribution is -2.49. The lowest BCUT2D eigenvalue weighted by atomic mass is 10.1. The maximum Gasteiger partial charge on any atom is 0.328 e. The summed E-state index contributed by atoms with van der Waals surface area (Å²) in [6, 6.07) is 1.77. The number of nitrogens with zero attached hydrogens (tertiary/aromatic N) is 1. The highest BCUT2D eigenvalue weighted by molar-refractivity contribution is 9.10. The monoisotopic (exact) mass is 328 g/mol. The maximum atomic E-state index is 14.0. The van der Waals surface area contributed by atoms with Crippen LogP contribution in [-0.2, 0) is 4.79 Å². The molecule has 7 heteroatoms. The molecule has 1 heterocycles. The number of halogens is 2. The van der Waals surface area contributed by atoms with Gasteiger partial charge in [-0.05, 0) is 35.0 Å². The smallest absolute Gasteiger partial charge is 0.294 e. The number of amides is 3. The van der Waals surface area contributed by atoms with Gasteiger partial charge in [-0.15, -0.1) is 0 Å². The van der Waals surface area contributed by atoms with Gasteiger partial charge in [0.15, 0.2) is 5.78 Å². The molecule has 1 aromatic rings. The van der Waals surface area contributed by atoms with Crippen molar-refractivity contribution in [2.75, 3.05) is 11.4 Å². The Morgan fingerprint density at radius 3 is 2.68 bits per heavy atom. The number of hydrogen-bond donors (Lipinski definition) is 1. The van der Waals surface area contributed by atoms with Crippen LogP contribution in [0.3, 0.4) is 0 Å². The van der Waals surface area contributed by atoms with Crippen molar-refractivity contribution < 1.29 is 18.8 Å². The van der Waals surface area contributed by atoms with Crippen molar-refractivity contribution in [3.63, 3.8) is 0 Å². The average molecular weight is 329 g/mol. The molecule has 5 nitrogen and oxygen atoms in total. The third-order valence-corrected chi connectivity index (χ3v) is 3.42. The van der Waals surface area contributed by atoms with Crippen LogP contribution in [0.25, 0.3) is 0 Å². The van der Waals surface area contributed by atoms with Crippen molar-refractivity contribution in [2.45, 2.75) is 13.3 Å². The lowest BCUT2D eigenvalue weighted by Gasteiger charge is -2.27. The molecule has 1 aliphatic heterocycles. The molecule has 0 bridgehead atoms. The Morgan fingerprint density at radius 2 is 2.11 bits per heavy atom. The van der Waals surface area contributed by atoms with E-state index in [1.54, 1.807) is 0 Å². The highest BCUT2D eigenvalue weighted by atomic mass is 79.9. The maximum absolute atomic E-state index is 14.0. The molecule has 0 radical (unpaired) electrons. The van der Waals surface area contributed by atoms with Gasteiger partial charge in [-0.2, -0.15) is 0 Å². The Balaban J connectivity index is 2.41. The minimum atomic E-state index is -0.683. The molecule has 100 valence electrons. The highest BCUT2D eigenvalue weighted by Gasteiger charge is 2.27. The molecule has 19 heavy (non-hydrogen) atoms. The molecule has 1 N–H and O–H groups in total. The van der Waals surface area contributed by atoms with Crippen LogP contribution in [0.2, 0.25) is 0 Å². The molecular formula is C12H10BrFN2O3. The van der Waals surface area contributed by atoms with Crippen molar-refractivity contribution in [1.82, 2.24) is 5.32 Å². The molecule has 0 aliphatic carbocycles. The molecule has 0 spiro atoms. The van der Waals surface area contributed by atoms with E-state index in [0.29, 0.717) is 4.47 Å². The van der Waals surface area contributed by atoms with Crippen LogP contribution in [0, 0.1) is 5.82 Å². The second-order valence-electron chi connectivity index (χ2n) is 4.09. The SMILES string of the molecule is CC(=O)c1cc(F)c(N2CCC(=O)NC2=O)cc1Br. The first kappa shape index (κ1) is 13.7. The van der Waals surface area contributed by atoms with Crippen LogP contribution >= 0.6 is 15.9 Å². The van der Waals surface area contributed by atoms with E-state index in [1.807, 2.05) is 0 Å². The molecule has 0 unspecified atom stereocenters. The lowest BCUT2D eigenvalue weighted by molar-refractivity contribution is -0.120. The summed E-state index contributed by atoms with van der Waals surface area (Å²) in [4.78, 5) is 35.1. The third kappa shape index (κ3) is 2.65. The predicted molar refractivity (Wildman–Crippen MR) is 69.6 cm³/mol. The van der Waals surface area contributed by atoms with Crippen LogP contribution in [-0.4, -0.2) is 24.3 Å². The first-order valence-corrected chi connectivity index (χ1v) is 6.31. The van der Waals surface area contributed by atoms with Crippen LogP contribution in [0.15, 0.2) is 16.6 Å². The van der Waals surface area contributed by atoms with E-state index in [2.05, 4.69) is 21.2 Å². The van der Waals surface area contributed by atoms with Gasteiger partial charge in [0.05, 0.1) is 5.69 Å². The number of ketones is 1. The zero-order valence-corrected chi connectivity index (χ0v) is 11.6. The summed E-state index contributed by atoms with van der Waals surface area (Å²) < 4.78 is 14.4. The number of urea groups is 1. The number of carbonyl (C=O) groups is 3. The van der Waals surface area contributed by atoms with E-state index in [4.69, 9.17) is 0 Å². The number of anilines is 1. The fourth-order valence-corrected chi connectivity index (χ4v) is 2.42. The Morgan fingerprint density at radius 1 is 1.42 bits per heavy atom. The third-order valence-electron chi connectivity index (χ3n) is 2.76. The molecule has 0 saturated carbocycles. The van der Waals surface area contributed by atoms with Crippen molar-refractivity contribution in [3.05, 3.63) is 28.0 Å². The van der Waals surface area contributed by atoms with Crippen LogP contribution < -0.4 is 10.2 Å². The Labute approximate surface area is 116 Å². The van der Waals surface area contributed by atoms with Gasteiger partial charge in [0, 0.05) is 23.0 Å². The summed E-state index contributed by atoms with van der Waals surface area (Å²) >= 11 is 3.17. The van der Waals surface area contributed by atoms with E-state index < -0.39 is 11.8 Å². The standard InChI is InChI=1S/C12H10BrFN2O3/c1-6(17)7-4-9(14)10(5-8(7)13)16-3-2-11(18)15-12(16)19/h4-5H,2-3H2,1H3,(H,15,18,19). The largest absolute Gasteiger partial charge is 0.328 e. The topological polar surface area (TPSA) is 66.5 Å². The average Bonchev–Trinajstić information content (AvgIpc) is 2.32. The quantitative estimate of drug-likeness (QED) is 0.846. The van der Waals surface area contributed by atoms with Crippen molar-refractivity contribution in [3.8, 4) is 0 Å². The van der Waals surface area contributed by atoms with E-state index in [1.165, 1.54) is 13.0 Å². The summed E-state index contributed by atoms with van der Waals surface area (Å²) in [5, 5.41) is 2.11. The minimum absolute atomic E-state index is 0.0295. The summed E-state index contributed by atoms with van der Waals surface area (Å²) in [5.74, 6) is -1.35. The molecule has 1 fully saturated rings. The van der Waals surface area contributed by atoms with Crippen molar-refractivity contribution in [1.29, 1.82) is 0 Å². The van der Waals surface area contributed by atoms with Crippen molar-refractivity contribution >= 4 is 39.3 Å². The number of Topliss-reactive ketones (excluding diaryl/α,β-unsaturated/α-hetero) is 1. The number of imide groups is 1. The van der Waals surface area contributed by atoms with Gasteiger partial charge < -0.3 is 0 Å². The molecule has 2 rings (SSSR count). The summed E-state index contributed by atoms with van der Waals surface area (Å²) in [6.07, 6.45) is 0.108. The van der Waals surface area contributed by atoms with E-state index in [0.717, 1.165) is 11.0 Å². The summed E-state index contributed by atoms with van der Waals surface area (Å²) in [5.41, 5.74) is 0.233. The predicted octanol–water partition coefficient (Wildman–Crippen LogP) is 2.24. The number of hydrogen-bond acceptors (Lipinski definition) is 3. The zero-order valence-electron chi connectivity index (χ0n) is 10.00. The van der Waals surface area contributed by atoms with Gasteiger partial charge in [-0.1, -0.05) is 0 Å². The van der Waals surface area contributed by atoms with Gasteiger partial charge in [0.2, 0.25) is 5.91 Å². The highest BCUT2D eigenvalue weighted by Crippen LogP contribution is 2.29. The summed E-state index contributed by atoms with van der Waals surface area (Å²) in [7, 11) is 0. The molecule has 0 atom stereocenters. The molecule has 1 saturated heterocycles. The van der Waals surface area contributed by atoms with Crippen LogP contribution in [0.1, 0.15) is 23.7 Å². The number of nitrogens with one attached hydrogen (secondary N) is 1. The molecule has 1 aromatic carbocycles.